The minimum Gasteiger partial charge on any atom is -0.346 e. The van der Waals surface area contributed by atoms with Crippen molar-refractivity contribution in [2.24, 2.45) is 5.92 Å². The van der Waals surface area contributed by atoms with E-state index in [-0.39, 0.29) is 6.29 Å². The quantitative estimate of drug-likeness (QED) is 0.806. The molecule has 104 valence electrons. The lowest BCUT2D eigenvalue weighted by Crippen LogP contribution is -2.07. The summed E-state index contributed by atoms with van der Waals surface area (Å²) in [6.07, 6.45) is 9.62. The van der Waals surface area contributed by atoms with Crippen molar-refractivity contribution in [3.05, 3.63) is 35.4 Å². The Morgan fingerprint density at radius 2 is 1.79 bits per heavy atom. The second-order valence-corrected chi connectivity index (χ2v) is 5.86. The first-order valence-corrected chi connectivity index (χ1v) is 7.74. The van der Waals surface area contributed by atoms with Gasteiger partial charge in [-0.25, -0.2) is 0 Å². The van der Waals surface area contributed by atoms with Crippen molar-refractivity contribution in [1.82, 2.24) is 0 Å². The first-order valence-electron chi connectivity index (χ1n) is 7.74. The number of hydrogen-bond acceptors (Lipinski definition) is 2. The summed E-state index contributed by atoms with van der Waals surface area (Å²) in [4.78, 5) is 0. The SMILES string of the molecule is c1cc(CCC2CCCCC2)cc(C2OCCO2)c1. The maximum atomic E-state index is 5.57. The van der Waals surface area contributed by atoms with Crippen LogP contribution in [-0.2, 0) is 15.9 Å². The molecule has 1 saturated heterocycles. The molecular formula is C17H24O2. The second kappa shape index (κ2) is 6.53. The van der Waals surface area contributed by atoms with Gasteiger partial charge in [0.25, 0.3) is 0 Å². The lowest BCUT2D eigenvalue weighted by Gasteiger charge is -2.21. The fourth-order valence-electron chi connectivity index (χ4n) is 3.29. The van der Waals surface area contributed by atoms with E-state index in [4.69, 9.17) is 9.47 Å². The molecule has 1 aromatic carbocycles. The molecular weight excluding hydrogens is 236 g/mol. The molecule has 1 saturated carbocycles. The van der Waals surface area contributed by atoms with Crippen molar-refractivity contribution < 1.29 is 9.47 Å². The van der Waals surface area contributed by atoms with Crippen LogP contribution in [0.4, 0.5) is 0 Å². The maximum Gasteiger partial charge on any atom is 0.184 e. The molecule has 0 amide bonds. The first kappa shape index (κ1) is 13.1. The van der Waals surface area contributed by atoms with E-state index in [0.717, 1.165) is 19.1 Å². The van der Waals surface area contributed by atoms with E-state index in [1.165, 1.54) is 56.1 Å². The Bertz CT molecular complexity index is 390. The van der Waals surface area contributed by atoms with Crippen molar-refractivity contribution in [3.8, 4) is 0 Å². The summed E-state index contributed by atoms with van der Waals surface area (Å²) >= 11 is 0. The van der Waals surface area contributed by atoms with Gasteiger partial charge in [0, 0.05) is 5.56 Å². The minimum atomic E-state index is -0.130. The minimum absolute atomic E-state index is 0.130. The summed E-state index contributed by atoms with van der Waals surface area (Å²) in [5.41, 5.74) is 2.61. The van der Waals surface area contributed by atoms with E-state index in [9.17, 15) is 0 Å². The molecule has 0 unspecified atom stereocenters. The fourth-order valence-corrected chi connectivity index (χ4v) is 3.29. The highest BCUT2D eigenvalue weighted by atomic mass is 16.7. The van der Waals surface area contributed by atoms with Crippen molar-refractivity contribution in [2.75, 3.05) is 13.2 Å². The third-order valence-corrected chi connectivity index (χ3v) is 4.41. The molecule has 2 fully saturated rings. The first-order chi connectivity index (χ1) is 9.42. The second-order valence-electron chi connectivity index (χ2n) is 5.86. The van der Waals surface area contributed by atoms with Gasteiger partial charge in [0.05, 0.1) is 13.2 Å². The molecule has 0 N–H and O–H groups in total. The molecule has 2 aliphatic rings. The molecule has 1 aliphatic carbocycles. The van der Waals surface area contributed by atoms with E-state index >= 15 is 0 Å². The number of benzene rings is 1. The fraction of sp³-hybridized carbons (Fsp3) is 0.647. The van der Waals surface area contributed by atoms with E-state index in [1.54, 1.807) is 0 Å². The highest BCUT2D eigenvalue weighted by Crippen LogP contribution is 2.28. The van der Waals surface area contributed by atoms with E-state index in [0.29, 0.717) is 0 Å². The molecule has 1 aromatic rings. The molecule has 19 heavy (non-hydrogen) atoms. The predicted octanol–water partition coefficient (Wildman–Crippen LogP) is 4.24. The molecule has 0 radical (unpaired) electrons. The van der Waals surface area contributed by atoms with Crippen LogP contribution in [0.2, 0.25) is 0 Å². The van der Waals surface area contributed by atoms with Gasteiger partial charge in [-0.15, -0.1) is 0 Å². The van der Waals surface area contributed by atoms with E-state index in [1.807, 2.05) is 0 Å². The normalized spacial score (nSPS) is 21.9. The largest absolute Gasteiger partial charge is 0.346 e. The molecule has 0 aromatic heterocycles. The zero-order chi connectivity index (χ0) is 12.9. The van der Waals surface area contributed by atoms with Crippen LogP contribution >= 0.6 is 0 Å². The standard InChI is InChI=1S/C17H24O2/c1-2-5-14(6-3-1)9-10-15-7-4-8-16(13-15)17-18-11-12-19-17/h4,7-8,13-14,17H,1-3,5-6,9-12H2. The van der Waals surface area contributed by atoms with Crippen LogP contribution in [0.1, 0.15) is 55.9 Å². The Hall–Kier alpha value is -0.860. The molecule has 2 nitrogen and oxygen atoms in total. The Morgan fingerprint density at radius 3 is 2.58 bits per heavy atom. The van der Waals surface area contributed by atoms with Crippen molar-refractivity contribution in [2.45, 2.75) is 51.2 Å². The third-order valence-electron chi connectivity index (χ3n) is 4.41. The summed E-state index contributed by atoms with van der Waals surface area (Å²) in [6, 6.07) is 8.75. The summed E-state index contributed by atoms with van der Waals surface area (Å²) < 4.78 is 11.1. The Kier molecular flexibility index (Phi) is 4.52. The lowest BCUT2D eigenvalue weighted by atomic mass is 9.85. The van der Waals surface area contributed by atoms with Gasteiger partial charge in [-0.2, -0.15) is 0 Å². The third kappa shape index (κ3) is 3.58. The number of aryl methyl sites for hydroxylation is 1. The highest BCUT2D eigenvalue weighted by Gasteiger charge is 2.18. The summed E-state index contributed by atoms with van der Waals surface area (Å²) in [6.45, 7) is 1.44. The van der Waals surface area contributed by atoms with Crippen molar-refractivity contribution in [3.63, 3.8) is 0 Å². The summed E-state index contributed by atoms with van der Waals surface area (Å²) in [5, 5.41) is 0. The number of ether oxygens (including phenoxy) is 2. The van der Waals surface area contributed by atoms with Gasteiger partial charge in [0.15, 0.2) is 6.29 Å². The maximum absolute atomic E-state index is 5.57. The molecule has 0 atom stereocenters. The van der Waals surface area contributed by atoms with Crippen molar-refractivity contribution >= 4 is 0 Å². The highest BCUT2D eigenvalue weighted by molar-refractivity contribution is 5.24. The summed E-state index contributed by atoms with van der Waals surface area (Å²) in [7, 11) is 0. The van der Waals surface area contributed by atoms with Crippen LogP contribution in [0.15, 0.2) is 24.3 Å². The van der Waals surface area contributed by atoms with Crippen LogP contribution in [0.25, 0.3) is 0 Å². The van der Waals surface area contributed by atoms with Crippen LogP contribution in [-0.4, -0.2) is 13.2 Å². The Labute approximate surface area is 116 Å². The van der Waals surface area contributed by atoms with Crippen molar-refractivity contribution in [1.29, 1.82) is 0 Å². The van der Waals surface area contributed by atoms with Crippen LogP contribution in [0, 0.1) is 5.92 Å². The van der Waals surface area contributed by atoms with Gasteiger partial charge in [-0.05, 0) is 24.3 Å². The van der Waals surface area contributed by atoms with Gasteiger partial charge in [-0.1, -0.05) is 56.4 Å². The average Bonchev–Trinajstić information content (AvgIpc) is 3.01. The van der Waals surface area contributed by atoms with Gasteiger partial charge >= 0.3 is 0 Å². The van der Waals surface area contributed by atoms with Crippen LogP contribution < -0.4 is 0 Å². The summed E-state index contributed by atoms with van der Waals surface area (Å²) in [5.74, 6) is 0.955. The zero-order valence-electron chi connectivity index (χ0n) is 11.6. The number of hydrogen-bond donors (Lipinski definition) is 0. The average molecular weight is 260 g/mol. The monoisotopic (exact) mass is 260 g/mol. The molecule has 1 aliphatic heterocycles. The zero-order valence-corrected chi connectivity index (χ0v) is 11.6. The molecule has 1 heterocycles. The Balaban J connectivity index is 1.56. The lowest BCUT2D eigenvalue weighted by molar-refractivity contribution is -0.0441. The van der Waals surface area contributed by atoms with Gasteiger partial charge < -0.3 is 9.47 Å². The van der Waals surface area contributed by atoms with Gasteiger partial charge in [-0.3, -0.25) is 0 Å². The number of rotatable bonds is 4. The van der Waals surface area contributed by atoms with Crippen LogP contribution in [0.5, 0.6) is 0 Å². The van der Waals surface area contributed by atoms with E-state index in [2.05, 4.69) is 24.3 Å². The smallest absolute Gasteiger partial charge is 0.184 e. The molecule has 3 rings (SSSR count). The topological polar surface area (TPSA) is 18.5 Å². The molecule has 0 spiro atoms. The Morgan fingerprint density at radius 1 is 1.00 bits per heavy atom. The molecule has 0 bridgehead atoms. The predicted molar refractivity (Wildman–Crippen MR) is 76.0 cm³/mol. The van der Waals surface area contributed by atoms with Gasteiger partial charge in [0.1, 0.15) is 0 Å². The van der Waals surface area contributed by atoms with Crippen LogP contribution in [0.3, 0.4) is 0 Å². The van der Waals surface area contributed by atoms with E-state index < -0.39 is 0 Å². The van der Waals surface area contributed by atoms with Gasteiger partial charge in [0.2, 0.25) is 0 Å². The molecule has 2 heteroatoms.